The highest BCUT2D eigenvalue weighted by Crippen LogP contribution is 1.91. The van der Waals surface area contributed by atoms with Gasteiger partial charge in [-0.05, 0) is 0 Å². The molecule has 2 N–H and O–H groups in total. The molecule has 0 amide bonds. The summed E-state index contributed by atoms with van der Waals surface area (Å²) in [5.41, 5.74) is 0. The van der Waals surface area contributed by atoms with Crippen molar-refractivity contribution in [2.75, 3.05) is 6.61 Å². The average Bonchev–Trinajstić information content (AvgIpc) is 1.63. The minimum Gasteiger partial charge on any atom is -0.396 e. The van der Waals surface area contributed by atoms with E-state index in [4.69, 9.17) is 10.2 Å². The van der Waals surface area contributed by atoms with Gasteiger partial charge in [0.2, 0.25) is 6.29 Å². The van der Waals surface area contributed by atoms with Crippen molar-refractivity contribution in [2.45, 2.75) is 12.7 Å². The molecule has 0 saturated heterocycles. The van der Waals surface area contributed by atoms with Gasteiger partial charge in [-0.2, -0.15) is 0 Å². The maximum Gasteiger partial charge on any atom is 0.297 e. The average molecular weight is 137 g/mol. The molecule has 54 valence electrons. The Bertz CT molecular complexity index is 94.2. The van der Waals surface area contributed by atoms with Crippen molar-refractivity contribution in [3.8, 4) is 0 Å². The van der Waals surface area contributed by atoms with E-state index in [1.54, 1.807) is 0 Å². The van der Waals surface area contributed by atoms with Gasteiger partial charge < -0.3 is 10.2 Å². The number of hydrogen-bond acceptors (Lipinski definition) is 5. The van der Waals surface area contributed by atoms with E-state index in [1.165, 1.54) is 0 Å². The number of hydrogen-bond donors (Lipinski definition) is 2. The van der Waals surface area contributed by atoms with Crippen LogP contribution in [0.4, 0.5) is 0 Å². The van der Waals surface area contributed by atoms with Gasteiger partial charge >= 0.3 is 0 Å². The molecule has 0 spiro atoms. The molecular weight excluding hydrogens is 130 g/mol. The van der Waals surface area contributed by atoms with Crippen LogP contribution in [0.2, 0.25) is 0 Å². The predicted molar refractivity (Wildman–Crippen MR) is 25.8 cm³/mol. The zero-order valence-corrected chi connectivity index (χ0v) is 4.56. The fraction of sp³-hybridized carbons (Fsp3) is 1.00. The second-order valence-electron chi connectivity index (χ2n) is 1.30. The van der Waals surface area contributed by atoms with Crippen molar-refractivity contribution in [1.29, 1.82) is 0 Å². The van der Waals surface area contributed by atoms with Gasteiger partial charge in [0.05, 0.1) is 0 Å². The zero-order valence-electron chi connectivity index (χ0n) is 4.56. The van der Waals surface area contributed by atoms with Crippen LogP contribution < -0.4 is 0 Å². The highest BCUT2D eigenvalue weighted by atomic mass is 17.0. The van der Waals surface area contributed by atoms with Gasteiger partial charge in [-0.15, -0.1) is 10.1 Å². The summed E-state index contributed by atoms with van der Waals surface area (Å²) in [6, 6.07) is 0. The summed E-state index contributed by atoms with van der Waals surface area (Å²) in [7, 11) is 0. The van der Waals surface area contributed by atoms with Gasteiger partial charge in [0.25, 0.3) is 5.09 Å². The van der Waals surface area contributed by atoms with Crippen LogP contribution in [0.3, 0.4) is 0 Å². The van der Waals surface area contributed by atoms with Gasteiger partial charge in [-0.1, -0.05) is 0 Å². The van der Waals surface area contributed by atoms with E-state index in [0.717, 1.165) is 0 Å². The van der Waals surface area contributed by atoms with Crippen LogP contribution in [-0.2, 0) is 4.84 Å². The first kappa shape index (κ1) is 8.12. The Kier molecular flexibility index (Phi) is 3.65. The Morgan fingerprint density at radius 3 is 2.67 bits per heavy atom. The van der Waals surface area contributed by atoms with Crippen molar-refractivity contribution in [3.63, 3.8) is 0 Å². The minimum atomic E-state index is -1.51. The molecule has 1 atom stereocenters. The number of aliphatic hydroxyl groups excluding tert-OH is 2. The Hall–Kier alpha value is -0.880. The van der Waals surface area contributed by atoms with E-state index < -0.39 is 11.4 Å². The van der Waals surface area contributed by atoms with Gasteiger partial charge in [0.15, 0.2) is 0 Å². The predicted octanol–water partition coefficient (Wildman–Crippen LogP) is -1.10. The van der Waals surface area contributed by atoms with Crippen molar-refractivity contribution in [2.24, 2.45) is 0 Å². The normalized spacial score (nSPS) is 12.7. The SMILES string of the molecule is O=[N+]([O-])OC(O)CCO. The molecule has 0 aromatic carbocycles. The lowest BCUT2D eigenvalue weighted by Gasteiger charge is -2.03. The second-order valence-corrected chi connectivity index (χ2v) is 1.30. The third-order valence-electron chi connectivity index (χ3n) is 0.584. The Morgan fingerprint density at radius 2 is 2.33 bits per heavy atom. The summed E-state index contributed by atoms with van der Waals surface area (Å²) >= 11 is 0. The molecule has 0 aliphatic carbocycles. The highest BCUT2D eigenvalue weighted by Gasteiger charge is 2.06. The van der Waals surface area contributed by atoms with Crippen molar-refractivity contribution >= 4 is 0 Å². The molecule has 0 radical (unpaired) electrons. The molecule has 0 aliphatic rings. The molecule has 0 rings (SSSR count). The van der Waals surface area contributed by atoms with Crippen LogP contribution in [0.1, 0.15) is 6.42 Å². The topological polar surface area (TPSA) is 92.8 Å². The molecular formula is C3H7NO5. The fourth-order valence-corrected chi connectivity index (χ4v) is 0.262. The molecule has 1 unspecified atom stereocenters. The maximum atomic E-state index is 9.43. The lowest BCUT2D eigenvalue weighted by Crippen LogP contribution is -2.17. The lowest BCUT2D eigenvalue weighted by molar-refractivity contribution is -0.780. The third-order valence-corrected chi connectivity index (χ3v) is 0.584. The van der Waals surface area contributed by atoms with E-state index in [1.807, 2.05) is 0 Å². The fourth-order valence-electron chi connectivity index (χ4n) is 0.262. The molecule has 6 heteroatoms. The summed E-state index contributed by atoms with van der Waals surface area (Å²) < 4.78 is 0. The molecule has 0 aliphatic heterocycles. The van der Waals surface area contributed by atoms with Gasteiger partial charge in [-0.3, -0.25) is 4.84 Å². The lowest BCUT2D eigenvalue weighted by atomic mass is 10.4. The minimum absolute atomic E-state index is 0.152. The van der Waals surface area contributed by atoms with Gasteiger partial charge in [0, 0.05) is 13.0 Å². The summed E-state index contributed by atoms with van der Waals surface area (Å²) in [6.45, 7) is -0.338. The Morgan fingerprint density at radius 1 is 1.78 bits per heavy atom. The van der Waals surface area contributed by atoms with E-state index in [9.17, 15) is 10.1 Å². The van der Waals surface area contributed by atoms with Crippen LogP contribution in [0.15, 0.2) is 0 Å². The van der Waals surface area contributed by atoms with Crippen LogP contribution in [0, 0.1) is 10.1 Å². The van der Waals surface area contributed by atoms with Gasteiger partial charge in [0.1, 0.15) is 0 Å². The van der Waals surface area contributed by atoms with Crippen LogP contribution >= 0.6 is 0 Å². The van der Waals surface area contributed by atoms with E-state index in [0.29, 0.717) is 0 Å². The van der Waals surface area contributed by atoms with Crippen molar-refractivity contribution in [1.82, 2.24) is 0 Å². The summed E-state index contributed by atoms with van der Waals surface area (Å²) in [4.78, 5) is 13.0. The monoisotopic (exact) mass is 137 g/mol. The van der Waals surface area contributed by atoms with Gasteiger partial charge in [-0.25, -0.2) is 0 Å². The Labute approximate surface area is 50.8 Å². The second kappa shape index (κ2) is 4.04. The molecule has 0 aromatic rings. The smallest absolute Gasteiger partial charge is 0.297 e. The van der Waals surface area contributed by atoms with E-state index >= 15 is 0 Å². The molecule has 0 bridgehead atoms. The molecule has 0 aromatic heterocycles. The van der Waals surface area contributed by atoms with E-state index in [2.05, 4.69) is 4.84 Å². The maximum absolute atomic E-state index is 9.43. The highest BCUT2D eigenvalue weighted by molar-refractivity contribution is 4.33. The molecule has 6 nitrogen and oxygen atoms in total. The first-order valence-electron chi connectivity index (χ1n) is 2.27. The quantitative estimate of drug-likeness (QED) is 0.291. The number of nitrogens with zero attached hydrogens (tertiary/aromatic N) is 1. The zero-order chi connectivity index (χ0) is 7.28. The number of rotatable bonds is 4. The number of aliphatic hydroxyl groups is 2. The van der Waals surface area contributed by atoms with Crippen molar-refractivity contribution in [3.05, 3.63) is 10.1 Å². The molecule has 9 heavy (non-hydrogen) atoms. The third kappa shape index (κ3) is 4.98. The van der Waals surface area contributed by atoms with E-state index in [-0.39, 0.29) is 13.0 Å². The van der Waals surface area contributed by atoms with Crippen molar-refractivity contribution < 1.29 is 20.1 Å². The molecule has 0 saturated carbocycles. The van der Waals surface area contributed by atoms with Crippen LogP contribution in [0.25, 0.3) is 0 Å². The molecule has 0 fully saturated rings. The summed E-state index contributed by atoms with van der Waals surface area (Å²) in [5, 5.41) is 24.8. The largest absolute Gasteiger partial charge is 0.396 e. The van der Waals surface area contributed by atoms with Crippen LogP contribution in [-0.4, -0.2) is 28.2 Å². The first-order valence-corrected chi connectivity index (χ1v) is 2.27. The first-order chi connectivity index (χ1) is 4.16. The summed E-state index contributed by atoms with van der Waals surface area (Å²) in [5.74, 6) is 0. The van der Waals surface area contributed by atoms with Crippen LogP contribution in [0.5, 0.6) is 0 Å². The standard InChI is InChI=1S/C3H7NO5/c5-2-1-3(6)9-4(7)8/h3,5-6H,1-2H2. The molecule has 0 heterocycles. The Balaban J connectivity index is 3.26. The summed E-state index contributed by atoms with van der Waals surface area (Å²) in [6.07, 6.45) is -1.66.